The summed E-state index contributed by atoms with van der Waals surface area (Å²) < 4.78 is 5.08. The maximum absolute atomic E-state index is 12.0. The SMILES string of the molecule is CC/C(=N/NC(=O)c1cccnc1)c1ccc(OCC(=O)O)cc1. The molecule has 0 saturated heterocycles. The zero-order valence-corrected chi connectivity index (χ0v) is 13.1. The standard InChI is InChI=1S/C17H17N3O4/c1-2-15(19-20-17(23)13-4-3-9-18-10-13)12-5-7-14(8-6-12)24-11-16(21)22/h3-10H,2,11H2,1H3,(H,20,23)(H,21,22)/b19-15-. The van der Waals surface area contributed by atoms with E-state index in [1.54, 1.807) is 42.6 Å². The number of amides is 1. The molecular weight excluding hydrogens is 310 g/mol. The number of aromatic nitrogens is 1. The van der Waals surface area contributed by atoms with Gasteiger partial charge in [0, 0.05) is 12.4 Å². The third kappa shape index (κ3) is 4.91. The molecule has 7 nitrogen and oxygen atoms in total. The molecule has 0 aliphatic heterocycles. The van der Waals surface area contributed by atoms with Crippen molar-refractivity contribution in [2.24, 2.45) is 5.10 Å². The van der Waals surface area contributed by atoms with Crippen molar-refractivity contribution in [3.63, 3.8) is 0 Å². The summed E-state index contributed by atoms with van der Waals surface area (Å²) in [5, 5.41) is 12.7. The zero-order valence-electron chi connectivity index (χ0n) is 13.1. The quantitative estimate of drug-likeness (QED) is 0.599. The number of carbonyl (C=O) groups is 2. The number of carboxylic acid groups (broad SMARTS) is 1. The molecule has 1 heterocycles. The van der Waals surface area contributed by atoms with Crippen molar-refractivity contribution >= 4 is 17.6 Å². The Morgan fingerprint density at radius 3 is 2.54 bits per heavy atom. The fourth-order valence-corrected chi connectivity index (χ4v) is 1.92. The van der Waals surface area contributed by atoms with E-state index in [9.17, 15) is 9.59 Å². The topological polar surface area (TPSA) is 101 Å². The summed E-state index contributed by atoms with van der Waals surface area (Å²) >= 11 is 0. The summed E-state index contributed by atoms with van der Waals surface area (Å²) in [7, 11) is 0. The highest BCUT2D eigenvalue weighted by molar-refractivity contribution is 6.02. The van der Waals surface area contributed by atoms with E-state index in [-0.39, 0.29) is 5.91 Å². The van der Waals surface area contributed by atoms with Crippen molar-refractivity contribution in [1.82, 2.24) is 10.4 Å². The molecule has 24 heavy (non-hydrogen) atoms. The van der Waals surface area contributed by atoms with Crippen LogP contribution in [-0.2, 0) is 4.79 Å². The van der Waals surface area contributed by atoms with Crippen molar-refractivity contribution in [3.8, 4) is 5.75 Å². The molecule has 124 valence electrons. The smallest absolute Gasteiger partial charge is 0.341 e. The lowest BCUT2D eigenvalue weighted by Crippen LogP contribution is -2.20. The Balaban J connectivity index is 2.04. The van der Waals surface area contributed by atoms with Gasteiger partial charge in [0.2, 0.25) is 0 Å². The average molecular weight is 327 g/mol. The molecule has 0 atom stereocenters. The van der Waals surface area contributed by atoms with Gasteiger partial charge in [0.05, 0.1) is 11.3 Å². The van der Waals surface area contributed by atoms with Gasteiger partial charge in [0.1, 0.15) is 5.75 Å². The number of pyridine rings is 1. The van der Waals surface area contributed by atoms with Crippen LogP contribution in [0.4, 0.5) is 0 Å². The maximum Gasteiger partial charge on any atom is 0.341 e. The van der Waals surface area contributed by atoms with Crippen LogP contribution < -0.4 is 10.2 Å². The van der Waals surface area contributed by atoms with Crippen LogP contribution >= 0.6 is 0 Å². The summed E-state index contributed by atoms with van der Waals surface area (Å²) in [4.78, 5) is 26.3. The number of aliphatic carboxylic acids is 1. The summed E-state index contributed by atoms with van der Waals surface area (Å²) in [5.41, 5.74) is 4.43. The van der Waals surface area contributed by atoms with E-state index < -0.39 is 12.6 Å². The minimum Gasteiger partial charge on any atom is -0.482 e. The number of rotatable bonds is 7. The van der Waals surface area contributed by atoms with E-state index in [0.717, 1.165) is 5.56 Å². The first-order valence-electron chi connectivity index (χ1n) is 7.32. The largest absolute Gasteiger partial charge is 0.482 e. The molecule has 0 aliphatic carbocycles. The monoisotopic (exact) mass is 327 g/mol. The molecule has 0 unspecified atom stereocenters. The molecule has 0 saturated carbocycles. The maximum atomic E-state index is 12.0. The third-order valence-electron chi connectivity index (χ3n) is 3.10. The van der Waals surface area contributed by atoms with Crippen molar-refractivity contribution < 1.29 is 19.4 Å². The highest BCUT2D eigenvalue weighted by Gasteiger charge is 2.07. The summed E-state index contributed by atoms with van der Waals surface area (Å²) in [5.74, 6) is -0.917. The van der Waals surface area contributed by atoms with Crippen molar-refractivity contribution in [2.45, 2.75) is 13.3 Å². The van der Waals surface area contributed by atoms with Crippen molar-refractivity contribution in [1.29, 1.82) is 0 Å². The van der Waals surface area contributed by atoms with E-state index in [1.165, 1.54) is 6.20 Å². The predicted octanol–water partition coefficient (Wildman–Crippen LogP) is 2.09. The zero-order chi connectivity index (χ0) is 17.4. The Kier molecular flexibility index (Phi) is 6.01. The number of hydrogen-bond donors (Lipinski definition) is 2. The van der Waals surface area contributed by atoms with Crippen LogP contribution in [-0.4, -0.2) is 34.3 Å². The second-order valence-electron chi connectivity index (χ2n) is 4.80. The third-order valence-corrected chi connectivity index (χ3v) is 3.10. The minimum atomic E-state index is -1.03. The number of carbonyl (C=O) groups excluding carboxylic acids is 1. The Bertz CT molecular complexity index is 727. The highest BCUT2D eigenvalue weighted by Crippen LogP contribution is 2.14. The van der Waals surface area contributed by atoms with Gasteiger partial charge in [-0.3, -0.25) is 9.78 Å². The number of benzene rings is 1. The first-order valence-corrected chi connectivity index (χ1v) is 7.32. The van der Waals surface area contributed by atoms with E-state index >= 15 is 0 Å². The van der Waals surface area contributed by atoms with Gasteiger partial charge < -0.3 is 9.84 Å². The van der Waals surface area contributed by atoms with Crippen molar-refractivity contribution in [3.05, 3.63) is 59.9 Å². The second kappa shape index (κ2) is 8.42. The molecule has 0 bridgehead atoms. The molecule has 0 spiro atoms. The first-order chi connectivity index (χ1) is 11.6. The second-order valence-corrected chi connectivity index (χ2v) is 4.80. The fraction of sp³-hybridized carbons (Fsp3) is 0.176. The molecule has 2 N–H and O–H groups in total. The Hall–Kier alpha value is -3.22. The predicted molar refractivity (Wildman–Crippen MR) is 88.1 cm³/mol. The van der Waals surface area contributed by atoms with Crippen LogP contribution in [0.2, 0.25) is 0 Å². The Morgan fingerprint density at radius 1 is 1.21 bits per heavy atom. The van der Waals surface area contributed by atoms with E-state index in [1.807, 2.05) is 6.92 Å². The molecule has 0 aliphatic rings. The molecule has 2 aromatic rings. The van der Waals surface area contributed by atoms with Crippen LogP contribution in [0.1, 0.15) is 29.3 Å². The van der Waals surface area contributed by atoms with Gasteiger partial charge in [0.25, 0.3) is 5.91 Å². The Morgan fingerprint density at radius 2 is 1.96 bits per heavy atom. The van der Waals surface area contributed by atoms with Gasteiger partial charge in [0.15, 0.2) is 6.61 Å². The fourth-order valence-electron chi connectivity index (χ4n) is 1.92. The average Bonchev–Trinajstić information content (AvgIpc) is 2.62. The minimum absolute atomic E-state index is 0.338. The van der Waals surface area contributed by atoms with E-state index in [0.29, 0.717) is 23.4 Å². The van der Waals surface area contributed by atoms with Gasteiger partial charge >= 0.3 is 5.97 Å². The van der Waals surface area contributed by atoms with Gasteiger partial charge in [-0.1, -0.05) is 6.92 Å². The van der Waals surface area contributed by atoms with Gasteiger partial charge in [-0.15, -0.1) is 0 Å². The van der Waals surface area contributed by atoms with Gasteiger partial charge in [-0.05, 0) is 48.4 Å². The lowest BCUT2D eigenvalue weighted by Gasteiger charge is -2.07. The number of nitrogens with one attached hydrogen (secondary N) is 1. The number of hydrazone groups is 1. The molecule has 0 fully saturated rings. The normalized spacial score (nSPS) is 11.0. The molecule has 0 radical (unpaired) electrons. The number of hydrogen-bond acceptors (Lipinski definition) is 5. The highest BCUT2D eigenvalue weighted by atomic mass is 16.5. The van der Waals surface area contributed by atoms with Crippen LogP contribution in [0.15, 0.2) is 53.9 Å². The lowest BCUT2D eigenvalue weighted by atomic mass is 10.1. The van der Waals surface area contributed by atoms with Crippen LogP contribution in [0.5, 0.6) is 5.75 Å². The van der Waals surface area contributed by atoms with E-state index in [2.05, 4.69) is 15.5 Å². The van der Waals surface area contributed by atoms with E-state index in [4.69, 9.17) is 9.84 Å². The van der Waals surface area contributed by atoms with Crippen molar-refractivity contribution in [2.75, 3.05) is 6.61 Å². The molecule has 1 aromatic heterocycles. The number of nitrogens with zero attached hydrogens (tertiary/aromatic N) is 2. The first kappa shape index (κ1) is 17.1. The van der Waals surface area contributed by atoms with Crippen LogP contribution in [0, 0.1) is 0 Å². The number of carboxylic acids is 1. The van der Waals surface area contributed by atoms with Gasteiger partial charge in [-0.25, -0.2) is 10.2 Å². The summed E-state index contributed by atoms with van der Waals surface area (Å²) in [6, 6.07) is 10.2. The van der Waals surface area contributed by atoms with Gasteiger partial charge in [-0.2, -0.15) is 5.10 Å². The molecular formula is C17H17N3O4. The van der Waals surface area contributed by atoms with Crippen LogP contribution in [0.25, 0.3) is 0 Å². The molecule has 1 aromatic carbocycles. The number of ether oxygens (including phenoxy) is 1. The van der Waals surface area contributed by atoms with Crippen LogP contribution in [0.3, 0.4) is 0 Å². The molecule has 2 rings (SSSR count). The summed E-state index contributed by atoms with van der Waals surface area (Å²) in [6.07, 6.45) is 3.67. The molecule has 1 amide bonds. The lowest BCUT2D eigenvalue weighted by molar-refractivity contribution is -0.139. The molecule has 7 heteroatoms. The Labute approximate surface area is 139 Å². The summed E-state index contributed by atoms with van der Waals surface area (Å²) in [6.45, 7) is 1.53.